The fourth-order valence-electron chi connectivity index (χ4n) is 6.54. The molecule has 1 aliphatic heterocycles. The molecule has 0 spiro atoms. The number of carbonyl (C=O) groups excluding carboxylic acids is 4. The molecule has 2 aliphatic carbocycles. The van der Waals surface area contributed by atoms with Crippen LogP contribution in [0.3, 0.4) is 0 Å². The van der Waals surface area contributed by atoms with Gasteiger partial charge in [-0.25, -0.2) is 18.2 Å². The zero-order valence-corrected chi connectivity index (χ0v) is 30.5. The SMILES string of the molecule is C=C[C@@H]1C[C@]1(NC(=O)[C@H]1C[C@@H](Oc2nccc3c2ccc2ccoc23)CN1C(=O)[C@@H](NC(=O)OC(C)(C)C)C(C)(C)C)C(=O)NS(=O)(=O)C1CC1. The van der Waals surface area contributed by atoms with Gasteiger partial charge in [-0.1, -0.05) is 32.9 Å². The number of benzene rings is 1. The molecule has 6 rings (SSSR count). The van der Waals surface area contributed by atoms with Gasteiger partial charge in [0.05, 0.1) is 18.1 Å². The number of rotatable bonds is 10. The number of furan rings is 1. The standard InChI is InChI=1S/C36H45N5O9S/c1-8-21-18-36(21,32(44)40-51(46,47)23-10-11-23)39-29(42)26-17-22(49-30-25-12-9-20-14-16-48-27(20)24(25)13-15-37-30)19-41(26)31(43)28(34(2,3)4)38-33(45)50-35(5,6)7/h8-9,12-16,21-23,26,28H,1,10-11,17-19H2,2-7H3,(H,38,45)(H,39,42)(H,40,44)/t21-,22-,26-,28-,36-/m1/s1. The Morgan fingerprint density at radius 2 is 1.80 bits per heavy atom. The zero-order valence-electron chi connectivity index (χ0n) is 29.6. The molecule has 4 amide bonds. The van der Waals surface area contributed by atoms with Gasteiger partial charge in [0.15, 0.2) is 0 Å². The Bertz CT molecular complexity index is 2010. The van der Waals surface area contributed by atoms with E-state index in [4.69, 9.17) is 13.9 Å². The number of amides is 4. The summed E-state index contributed by atoms with van der Waals surface area (Å²) < 4.78 is 45.1. The van der Waals surface area contributed by atoms with Crippen molar-refractivity contribution < 1.29 is 41.5 Å². The topological polar surface area (TPSA) is 186 Å². The van der Waals surface area contributed by atoms with Crippen LogP contribution in [0.4, 0.5) is 4.79 Å². The fourth-order valence-corrected chi connectivity index (χ4v) is 7.91. The highest BCUT2D eigenvalue weighted by molar-refractivity contribution is 7.91. The number of nitrogens with one attached hydrogen (secondary N) is 3. The summed E-state index contributed by atoms with van der Waals surface area (Å²) in [5.74, 6) is -2.33. The van der Waals surface area contributed by atoms with Crippen LogP contribution < -0.4 is 20.1 Å². The van der Waals surface area contributed by atoms with Crippen LogP contribution in [0.5, 0.6) is 5.88 Å². The summed E-state index contributed by atoms with van der Waals surface area (Å²) in [6.07, 6.45) is 4.21. The number of sulfonamides is 1. The highest BCUT2D eigenvalue weighted by Gasteiger charge is 2.62. The molecule has 1 aromatic carbocycles. The molecule has 3 aromatic rings. The number of hydrogen-bond donors (Lipinski definition) is 3. The molecule has 3 N–H and O–H groups in total. The normalized spacial score (nSPS) is 24.1. The smallest absolute Gasteiger partial charge is 0.408 e. The molecule has 2 aromatic heterocycles. The van der Waals surface area contributed by atoms with Crippen LogP contribution in [0.1, 0.15) is 67.2 Å². The first kappa shape index (κ1) is 36.1. The Kier molecular flexibility index (Phi) is 9.10. The molecule has 0 unspecified atom stereocenters. The average molecular weight is 724 g/mol. The number of nitrogens with zero attached hydrogens (tertiary/aromatic N) is 2. The maximum Gasteiger partial charge on any atom is 0.408 e. The summed E-state index contributed by atoms with van der Waals surface area (Å²) in [7, 11) is -3.90. The molecule has 3 aliphatic rings. The highest BCUT2D eigenvalue weighted by Crippen LogP contribution is 2.45. The molecule has 2 saturated carbocycles. The Labute approximate surface area is 296 Å². The summed E-state index contributed by atoms with van der Waals surface area (Å²) >= 11 is 0. The van der Waals surface area contributed by atoms with Crippen molar-refractivity contribution in [1.82, 2.24) is 25.2 Å². The number of carbonyl (C=O) groups is 4. The lowest BCUT2D eigenvalue weighted by Gasteiger charge is -2.36. The minimum absolute atomic E-state index is 0.0127. The van der Waals surface area contributed by atoms with Gasteiger partial charge in [0.25, 0.3) is 5.91 Å². The van der Waals surface area contributed by atoms with Gasteiger partial charge in [0.2, 0.25) is 27.7 Å². The summed E-state index contributed by atoms with van der Waals surface area (Å²) in [5.41, 5.74) is -2.54. The van der Waals surface area contributed by atoms with Gasteiger partial charge in [-0.05, 0) is 63.6 Å². The van der Waals surface area contributed by atoms with E-state index < -0.39 is 79.7 Å². The first-order valence-electron chi connectivity index (χ1n) is 17.1. The van der Waals surface area contributed by atoms with Crippen LogP contribution in [-0.2, 0) is 29.1 Å². The second-order valence-electron chi connectivity index (χ2n) is 15.7. The molecule has 274 valence electrons. The maximum atomic E-state index is 14.5. The van der Waals surface area contributed by atoms with Gasteiger partial charge in [-0.3, -0.25) is 19.1 Å². The van der Waals surface area contributed by atoms with Crippen LogP contribution in [0.15, 0.2) is 53.8 Å². The monoisotopic (exact) mass is 723 g/mol. The van der Waals surface area contributed by atoms with Gasteiger partial charge in [-0.2, -0.15) is 0 Å². The minimum atomic E-state index is -3.90. The lowest BCUT2D eigenvalue weighted by molar-refractivity contribution is -0.143. The minimum Gasteiger partial charge on any atom is -0.472 e. The summed E-state index contributed by atoms with van der Waals surface area (Å²) in [5, 5.41) is 7.18. The van der Waals surface area contributed by atoms with E-state index in [0.29, 0.717) is 23.8 Å². The Morgan fingerprint density at radius 1 is 1.08 bits per heavy atom. The number of pyridine rings is 1. The number of alkyl carbamates (subject to hydrolysis) is 1. The number of ether oxygens (including phenoxy) is 2. The maximum absolute atomic E-state index is 14.5. The van der Waals surface area contributed by atoms with Crippen molar-refractivity contribution in [2.45, 2.75) is 102 Å². The number of aromatic nitrogens is 1. The molecule has 1 saturated heterocycles. The van der Waals surface area contributed by atoms with Gasteiger partial charge in [0.1, 0.15) is 34.9 Å². The quantitative estimate of drug-likeness (QED) is 0.259. The van der Waals surface area contributed by atoms with Crippen molar-refractivity contribution in [3.05, 3.63) is 49.4 Å². The van der Waals surface area contributed by atoms with Crippen molar-refractivity contribution in [1.29, 1.82) is 0 Å². The molecule has 0 radical (unpaired) electrons. The van der Waals surface area contributed by atoms with Crippen LogP contribution in [0, 0.1) is 11.3 Å². The molecule has 3 fully saturated rings. The molecule has 0 bridgehead atoms. The van der Waals surface area contributed by atoms with Crippen LogP contribution in [0.2, 0.25) is 0 Å². The number of fused-ring (bicyclic) bond motifs is 3. The first-order chi connectivity index (χ1) is 23.8. The van der Waals surface area contributed by atoms with E-state index in [0.717, 1.165) is 10.8 Å². The molecule has 51 heavy (non-hydrogen) atoms. The third-order valence-corrected chi connectivity index (χ3v) is 11.3. The molecule has 15 heteroatoms. The van der Waals surface area contributed by atoms with E-state index >= 15 is 0 Å². The van der Waals surface area contributed by atoms with E-state index in [1.807, 2.05) is 24.3 Å². The zero-order chi connectivity index (χ0) is 37.1. The third-order valence-electron chi connectivity index (χ3n) is 9.47. The second kappa shape index (κ2) is 12.8. The Balaban J connectivity index is 1.30. The van der Waals surface area contributed by atoms with Crippen LogP contribution >= 0.6 is 0 Å². The van der Waals surface area contributed by atoms with Crippen molar-refractivity contribution in [2.75, 3.05) is 6.54 Å². The van der Waals surface area contributed by atoms with Gasteiger partial charge in [-0.15, -0.1) is 6.58 Å². The fraction of sp³-hybridized carbons (Fsp3) is 0.528. The van der Waals surface area contributed by atoms with E-state index in [-0.39, 0.29) is 25.3 Å². The van der Waals surface area contributed by atoms with Gasteiger partial charge < -0.3 is 29.4 Å². The van der Waals surface area contributed by atoms with E-state index in [9.17, 15) is 27.6 Å². The number of likely N-dealkylation sites (tertiary alicyclic amines) is 1. The Morgan fingerprint density at radius 3 is 2.43 bits per heavy atom. The molecule has 14 nitrogen and oxygen atoms in total. The van der Waals surface area contributed by atoms with Crippen LogP contribution in [0.25, 0.3) is 21.7 Å². The summed E-state index contributed by atoms with van der Waals surface area (Å²) in [4.78, 5) is 60.9. The largest absolute Gasteiger partial charge is 0.472 e. The molecular formula is C36H45N5O9S. The van der Waals surface area contributed by atoms with E-state index in [1.54, 1.807) is 54.0 Å². The average Bonchev–Trinajstić information content (AvgIpc) is 3.92. The lowest BCUT2D eigenvalue weighted by Crippen LogP contribution is -2.60. The van der Waals surface area contributed by atoms with Crippen molar-refractivity contribution in [3.8, 4) is 5.88 Å². The number of hydrogen-bond acceptors (Lipinski definition) is 10. The predicted molar refractivity (Wildman–Crippen MR) is 188 cm³/mol. The third kappa shape index (κ3) is 7.39. The molecular weight excluding hydrogens is 678 g/mol. The van der Waals surface area contributed by atoms with Gasteiger partial charge in [0, 0.05) is 34.7 Å². The first-order valence-corrected chi connectivity index (χ1v) is 18.6. The summed E-state index contributed by atoms with van der Waals surface area (Å²) in [6, 6.07) is 5.12. The van der Waals surface area contributed by atoms with E-state index in [1.165, 1.54) is 11.0 Å². The molecule has 5 atom stereocenters. The molecule has 3 heterocycles. The predicted octanol–water partition coefficient (Wildman–Crippen LogP) is 3.94. The van der Waals surface area contributed by atoms with E-state index in [2.05, 4.69) is 26.9 Å². The van der Waals surface area contributed by atoms with Crippen molar-refractivity contribution in [3.63, 3.8) is 0 Å². The summed E-state index contributed by atoms with van der Waals surface area (Å²) in [6.45, 7) is 14.2. The lowest BCUT2D eigenvalue weighted by atomic mass is 9.85. The van der Waals surface area contributed by atoms with Crippen LogP contribution in [-0.4, -0.2) is 83.2 Å². The Hall–Kier alpha value is -4.66. The highest BCUT2D eigenvalue weighted by atomic mass is 32.2. The van der Waals surface area contributed by atoms with Crippen molar-refractivity contribution >= 4 is 55.6 Å². The second-order valence-corrected chi connectivity index (χ2v) is 17.7. The van der Waals surface area contributed by atoms with Crippen molar-refractivity contribution in [2.24, 2.45) is 11.3 Å². The van der Waals surface area contributed by atoms with Gasteiger partial charge >= 0.3 is 6.09 Å².